The monoisotopic (exact) mass is 417 g/mol. The van der Waals surface area contributed by atoms with Crippen LogP contribution in [0.1, 0.15) is 10.6 Å². The number of rotatable bonds is 6. The third kappa shape index (κ3) is 4.36. The molecule has 0 spiro atoms. The number of morpholine rings is 1. The Kier molecular flexibility index (Phi) is 6.22. The molecule has 1 N–H and O–H groups in total. The molecule has 0 unspecified atom stereocenters. The molecule has 0 radical (unpaired) electrons. The van der Waals surface area contributed by atoms with Crippen molar-refractivity contribution in [2.24, 2.45) is 0 Å². The van der Waals surface area contributed by atoms with Crippen molar-refractivity contribution in [3.8, 4) is 11.3 Å². The Labute approximate surface area is 172 Å². The predicted molar refractivity (Wildman–Crippen MR) is 113 cm³/mol. The van der Waals surface area contributed by atoms with Gasteiger partial charge in [0.15, 0.2) is 0 Å². The van der Waals surface area contributed by atoms with E-state index >= 15 is 0 Å². The Morgan fingerprint density at radius 2 is 1.93 bits per heavy atom. The van der Waals surface area contributed by atoms with Gasteiger partial charge in [-0.25, -0.2) is 9.37 Å². The summed E-state index contributed by atoms with van der Waals surface area (Å²) in [4.78, 5) is 6.87. The van der Waals surface area contributed by atoms with Gasteiger partial charge in [0.05, 0.1) is 18.9 Å². The molecular formula is C21H21ClFN3OS. The van der Waals surface area contributed by atoms with Crippen molar-refractivity contribution < 1.29 is 9.13 Å². The van der Waals surface area contributed by atoms with Gasteiger partial charge in [-0.3, -0.25) is 0 Å². The van der Waals surface area contributed by atoms with Crippen LogP contribution in [0.5, 0.6) is 0 Å². The minimum atomic E-state index is -0.251. The number of halogens is 2. The summed E-state index contributed by atoms with van der Waals surface area (Å²) in [5.74, 6) is -0.251. The number of aromatic nitrogens is 1. The van der Waals surface area contributed by atoms with Crippen LogP contribution in [0.15, 0.2) is 47.8 Å². The van der Waals surface area contributed by atoms with Gasteiger partial charge in [0, 0.05) is 53.4 Å². The van der Waals surface area contributed by atoms with Gasteiger partial charge in [0.25, 0.3) is 0 Å². The van der Waals surface area contributed by atoms with Gasteiger partial charge in [-0.05, 0) is 24.3 Å². The van der Waals surface area contributed by atoms with Crippen molar-refractivity contribution >= 4 is 28.6 Å². The Balaban J connectivity index is 1.43. The normalized spacial score (nSPS) is 14.4. The second-order valence-corrected chi connectivity index (χ2v) is 7.90. The van der Waals surface area contributed by atoms with Crippen LogP contribution < -0.4 is 10.2 Å². The Morgan fingerprint density at radius 3 is 2.75 bits per heavy atom. The standard InChI is InChI=1S/C21H21ClFN3OS/c22-17-5-3-7-20(26-8-10-27-11-9-26)16(17)12-24-13-21-25-19(14-28-21)15-4-1-2-6-18(15)23/h1-7,14,24H,8-13H2. The Bertz CT molecular complexity index is 943. The van der Waals surface area contributed by atoms with Gasteiger partial charge in [-0.2, -0.15) is 0 Å². The summed E-state index contributed by atoms with van der Waals surface area (Å²) in [5.41, 5.74) is 3.43. The molecule has 0 saturated carbocycles. The van der Waals surface area contributed by atoms with Crippen LogP contribution in [0.4, 0.5) is 10.1 Å². The van der Waals surface area contributed by atoms with Gasteiger partial charge in [0.1, 0.15) is 10.8 Å². The maximum atomic E-state index is 13.9. The first-order valence-corrected chi connectivity index (χ1v) is 10.5. The van der Waals surface area contributed by atoms with Crippen molar-refractivity contribution in [2.45, 2.75) is 13.1 Å². The number of nitrogens with zero attached hydrogens (tertiary/aromatic N) is 2. The molecule has 0 aliphatic carbocycles. The van der Waals surface area contributed by atoms with Gasteiger partial charge >= 0.3 is 0 Å². The predicted octanol–water partition coefficient (Wildman–Crippen LogP) is 4.73. The molecule has 3 aromatic rings. The number of hydrogen-bond donors (Lipinski definition) is 1. The maximum absolute atomic E-state index is 13.9. The molecule has 1 aliphatic heterocycles. The summed E-state index contributed by atoms with van der Waals surface area (Å²) in [6, 6.07) is 12.7. The second kappa shape index (κ2) is 9.01. The zero-order valence-electron chi connectivity index (χ0n) is 15.3. The molecule has 0 amide bonds. The zero-order valence-corrected chi connectivity index (χ0v) is 16.9. The van der Waals surface area contributed by atoms with Gasteiger partial charge in [0.2, 0.25) is 0 Å². The molecule has 2 heterocycles. The number of anilines is 1. The fourth-order valence-corrected chi connectivity index (χ4v) is 4.30. The van der Waals surface area contributed by atoms with Crippen LogP contribution in [-0.4, -0.2) is 31.3 Å². The van der Waals surface area contributed by atoms with Crippen LogP contribution in [0.25, 0.3) is 11.3 Å². The topological polar surface area (TPSA) is 37.4 Å². The van der Waals surface area contributed by atoms with Crippen molar-refractivity contribution in [1.82, 2.24) is 10.3 Å². The first kappa shape index (κ1) is 19.3. The molecule has 0 atom stereocenters. The van der Waals surface area contributed by atoms with E-state index in [1.165, 1.54) is 17.4 Å². The molecule has 28 heavy (non-hydrogen) atoms. The fraction of sp³-hybridized carbons (Fsp3) is 0.286. The Hall–Kier alpha value is -1.99. The number of nitrogens with one attached hydrogen (secondary N) is 1. The smallest absolute Gasteiger partial charge is 0.132 e. The second-order valence-electron chi connectivity index (χ2n) is 6.55. The number of benzene rings is 2. The molecule has 0 bridgehead atoms. The Morgan fingerprint density at radius 1 is 1.11 bits per heavy atom. The number of thiazole rings is 1. The molecular weight excluding hydrogens is 397 g/mol. The van der Waals surface area contributed by atoms with Gasteiger partial charge < -0.3 is 15.0 Å². The van der Waals surface area contributed by atoms with Crippen molar-refractivity contribution in [3.05, 3.63) is 69.3 Å². The third-order valence-electron chi connectivity index (χ3n) is 4.73. The summed E-state index contributed by atoms with van der Waals surface area (Å²) in [6.45, 7) is 4.44. The highest BCUT2D eigenvalue weighted by Gasteiger charge is 2.16. The lowest BCUT2D eigenvalue weighted by molar-refractivity contribution is 0.122. The van der Waals surface area contributed by atoms with Gasteiger partial charge in [-0.15, -0.1) is 11.3 Å². The molecule has 4 rings (SSSR count). The highest BCUT2D eigenvalue weighted by atomic mass is 35.5. The molecule has 1 aliphatic rings. The van der Waals surface area contributed by atoms with E-state index in [9.17, 15) is 4.39 Å². The lowest BCUT2D eigenvalue weighted by atomic mass is 10.1. The molecule has 2 aromatic carbocycles. The molecule has 1 saturated heterocycles. The van der Waals surface area contributed by atoms with E-state index < -0.39 is 0 Å². The third-order valence-corrected chi connectivity index (χ3v) is 5.93. The van der Waals surface area contributed by atoms with Crippen LogP contribution in [0.3, 0.4) is 0 Å². The van der Waals surface area contributed by atoms with Crippen molar-refractivity contribution in [1.29, 1.82) is 0 Å². The fourth-order valence-electron chi connectivity index (χ4n) is 3.30. The van der Waals surface area contributed by atoms with Crippen LogP contribution in [0.2, 0.25) is 5.02 Å². The summed E-state index contributed by atoms with van der Waals surface area (Å²) in [6.07, 6.45) is 0. The molecule has 7 heteroatoms. The van der Waals surface area contributed by atoms with Crippen LogP contribution in [0, 0.1) is 5.82 Å². The minimum Gasteiger partial charge on any atom is -0.378 e. The quantitative estimate of drug-likeness (QED) is 0.629. The summed E-state index contributed by atoms with van der Waals surface area (Å²) in [7, 11) is 0. The SMILES string of the molecule is Fc1ccccc1-c1csc(CNCc2c(Cl)cccc2N2CCOCC2)n1. The number of ether oxygens (including phenoxy) is 1. The first-order valence-electron chi connectivity index (χ1n) is 9.22. The average molecular weight is 418 g/mol. The molecule has 146 valence electrons. The number of hydrogen-bond acceptors (Lipinski definition) is 5. The van der Waals surface area contributed by atoms with E-state index in [-0.39, 0.29) is 5.82 Å². The van der Waals surface area contributed by atoms with E-state index in [1.807, 2.05) is 23.6 Å². The molecule has 1 aromatic heterocycles. The molecule has 1 fully saturated rings. The van der Waals surface area contributed by atoms with Crippen molar-refractivity contribution in [3.63, 3.8) is 0 Å². The zero-order chi connectivity index (χ0) is 19.3. The minimum absolute atomic E-state index is 0.251. The van der Waals surface area contributed by atoms with Crippen LogP contribution in [-0.2, 0) is 17.8 Å². The average Bonchev–Trinajstić information content (AvgIpc) is 3.19. The summed E-state index contributed by atoms with van der Waals surface area (Å²) < 4.78 is 19.4. The van der Waals surface area contributed by atoms with E-state index in [0.29, 0.717) is 24.3 Å². The largest absolute Gasteiger partial charge is 0.378 e. The van der Waals surface area contributed by atoms with Crippen molar-refractivity contribution in [2.75, 3.05) is 31.2 Å². The van der Waals surface area contributed by atoms with E-state index in [1.54, 1.807) is 12.1 Å². The van der Waals surface area contributed by atoms with E-state index in [4.69, 9.17) is 16.3 Å². The van der Waals surface area contributed by atoms with Gasteiger partial charge in [-0.1, -0.05) is 29.8 Å². The van der Waals surface area contributed by atoms with E-state index in [2.05, 4.69) is 21.3 Å². The van der Waals surface area contributed by atoms with Crippen LogP contribution >= 0.6 is 22.9 Å². The van der Waals surface area contributed by atoms with E-state index in [0.717, 1.165) is 47.6 Å². The highest BCUT2D eigenvalue weighted by Crippen LogP contribution is 2.29. The summed E-state index contributed by atoms with van der Waals surface area (Å²) in [5, 5.41) is 6.99. The maximum Gasteiger partial charge on any atom is 0.132 e. The highest BCUT2D eigenvalue weighted by molar-refractivity contribution is 7.09. The first-order chi connectivity index (χ1) is 13.7. The lowest BCUT2D eigenvalue weighted by Crippen LogP contribution is -2.37. The molecule has 4 nitrogen and oxygen atoms in total. The summed E-state index contributed by atoms with van der Waals surface area (Å²) >= 11 is 8.00. The lowest BCUT2D eigenvalue weighted by Gasteiger charge is -2.31.